The van der Waals surface area contributed by atoms with Crippen LogP contribution in [0.2, 0.25) is 0 Å². The fraction of sp³-hybridized carbons (Fsp3) is 0.923. The molecule has 0 bridgehead atoms. The lowest BCUT2D eigenvalue weighted by Crippen LogP contribution is -2.48. The minimum Gasteiger partial charge on any atom is -0.468 e. The number of carbonyl (C=O) groups is 1. The topological polar surface area (TPSA) is 41.6 Å². The van der Waals surface area contributed by atoms with E-state index in [4.69, 9.17) is 4.74 Å². The Morgan fingerprint density at radius 2 is 1.80 bits per heavy atom. The Balaban J connectivity index is 3.92. The summed E-state index contributed by atoms with van der Waals surface area (Å²) < 4.78 is 40.9. The van der Waals surface area contributed by atoms with Gasteiger partial charge >= 0.3 is 12.1 Å². The van der Waals surface area contributed by atoms with Crippen molar-refractivity contribution in [2.45, 2.75) is 44.3 Å². The molecular formula is C13H25F3N2O2. The Morgan fingerprint density at radius 3 is 2.25 bits per heavy atom. The van der Waals surface area contributed by atoms with Crippen LogP contribution in [0.3, 0.4) is 0 Å². The van der Waals surface area contributed by atoms with Crippen molar-refractivity contribution in [3.63, 3.8) is 0 Å². The maximum atomic E-state index is 12.0. The van der Waals surface area contributed by atoms with E-state index in [1.807, 2.05) is 0 Å². The number of carbonyl (C=O) groups excluding carboxylic acids is 1. The quantitative estimate of drug-likeness (QED) is 0.523. The van der Waals surface area contributed by atoms with Gasteiger partial charge in [-0.3, -0.25) is 4.79 Å². The van der Waals surface area contributed by atoms with Crippen LogP contribution in [0.5, 0.6) is 0 Å². The first-order valence-electron chi connectivity index (χ1n) is 6.67. The molecule has 4 nitrogen and oxygen atoms in total. The Kier molecular flexibility index (Phi) is 8.12. The van der Waals surface area contributed by atoms with Crippen LogP contribution in [-0.4, -0.2) is 56.9 Å². The number of alkyl halides is 3. The number of unbranched alkanes of at least 4 members (excludes halogenated alkanes) is 1. The van der Waals surface area contributed by atoms with E-state index in [1.54, 1.807) is 25.9 Å². The van der Waals surface area contributed by atoms with E-state index in [2.05, 4.69) is 5.32 Å². The van der Waals surface area contributed by atoms with E-state index in [1.165, 1.54) is 7.11 Å². The summed E-state index contributed by atoms with van der Waals surface area (Å²) in [6, 6.07) is 0. The molecule has 120 valence electrons. The van der Waals surface area contributed by atoms with Crippen molar-refractivity contribution in [2.24, 2.45) is 0 Å². The highest BCUT2D eigenvalue weighted by atomic mass is 19.4. The first-order valence-corrected chi connectivity index (χ1v) is 6.67. The summed E-state index contributed by atoms with van der Waals surface area (Å²) in [7, 11) is 4.69. The molecule has 7 heteroatoms. The highest BCUT2D eigenvalue weighted by Gasteiger charge is 2.31. The number of rotatable bonds is 9. The Labute approximate surface area is 118 Å². The molecule has 0 aliphatic heterocycles. The molecule has 0 aliphatic rings. The number of nitrogens with one attached hydrogen (secondary N) is 1. The van der Waals surface area contributed by atoms with Crippen LogP contribution < -0.4 is 5.32 Å². The molecule has 0 fully saturated rings. The zero-order valence-electron chi connectivity index (χ0n) is 12.6. The molecule has 0 radical (unpaired) electrons. The molecule has 1 N–H and O–H groups in total. The average Bonchev–Trinajstić information content (AvgIpc) is 2.39. The highest BCUT2D eigenvalue weighted by Crippen LogP contribution is 2.20. The molecule has 0 amide bonds. The summed E-state index contributed by atoms with van der Waals surface area (Å²) in [5, 5.41) is 2.93. The SMILES string of the molecule is CNC(C)(CCCCN(C)CCC(F)(F)F)C(=O)OC. The minimum absolute atomic E-state index is 0.00377. The van der Waals surface area contributed by atoms with E-state index >= 15 is 0 Å². The molecule has 1 unspecified atom stereocenters. The van der Waals surface area contributed by atoms with Crippen molar-refractivity contribution in [1.29, 1.82) is 0 Å². The monoisotopic (exact) mass is 298 g/mol. The summed E-state index contributed by atoms with van der Waals surface area (Å²) >= 11 is 0. The second-order valence-electron chi connectivity index (χ2n) is 5.20. The Morgan fingerprint density at radius 1 is 1.20 bits per heavy atom. The van der Waals surface area contributed by atoms with Gasteiger partial charge in [-0.05, 0) is 46.8 Å². The fourth-order valence-electron chi connectivity index (χ4n) is 1.84. The van der Waals surface area contributed by atoms with E-state index in [0.717, 1.165) is 12.8 Å². The van der Waals surface area contributed by atoms with Gasteiger partial charge in [0.05, 0.1) is 13.5 Å². The number of methoxy groups -OCH3 is 1. The lowest BCUT2D eigenvalue weighted by molar-refractivity contribution is -0.148. The first kappa shape index (κ1) is 19.2. The second kappa shape index (κ2) is 8.46. The summed E-state index contributed by atoms with van der Waals surface area (Å²) in [4.78, 5) is 13.2. The van der Waals surface area contributed by atoms with Gasteiger partial charge in [-0.1, -0.05) is 0 Å². The number of hydrogen-bond acceptors (Lipinski definition) is 4. The zero-order chi connectivity index (χ0) is 15.8. The van der Waals surface area contributed by atoms with Crippen molar-refractivity contribution >= 4 is 5.97 Å². The zero-order valence-corrected chi connectivity index (χ0v) is 12.6. The number of ether oxygens (including phenoxy) is 1. The van der Waals surface area contributed by atoms with Crippen LogP contribution in [0.4, 0.5) is 13.2 Å². The predicted molar refractivity (Wildman–Crippen MR) is 71.5 cm³/mol. The maximum Gasteiger partial charge on any atom is 0.390 e. The van der Waals surface area contributed by atoms with E-state index in [9.17, 15) is 18.0 Å². The van der Waals surface area contributed by atoms with Gasteiger partial charge in [-0.2, -0.15) is 13.2 Å². The van der Waals surface area contributed by atoms with Gasteiger partial charge in [-0.15, -0.1) is 0 Å². The maximum absolute atomic E-state index is 12.0. The number of hydrogen-bond donors (Lipinski definition) is 1. The first-order chi connectivity index (χ1) is 9.14. The third kappa shape index (κ3) is 7.69. The van der Waals surface area contributed by atoms with Gasteiger partial charge < -0.3 is 15.0 Å². The smallest absolute Gasteiger partial charge is 0.390 e. The summed E-state index contributed by atoms with van der Waals surface area (Å²) in [5.41, 5.74) is -0.737. The Bertz CT molecular complexity index is 298. The van der Waals surface area contributed by atoms with Crippen molar-refractivity contribution in [3.05, 3.63) is 0 Å². The fourth-order valence-corrected chi connectivity index (χ4v) is 1.84. The molecule has 0 saturated heterocycles. The summed E-state index contributed by atoms with van der Waals surface area (Å²) in [6.07, 6.45) is -2.83. The highest BCUT2D eigenvalue weighted by molar-refractivity contribution is 5.80. The van der Waals surface area contributed by atoms with E-state index < -0.39 is 18.1 Å². The molecular weight excluding hydrogens is 273 g/mol. The molecule has 0 rings (SSSR count). The molecule has 0 spiro atoms. The average molecular weight is 298 g/mol. The Hall–Kier alpha value is -0.820. The normalized spacial score (nSPS) is 15.2. The standard InChI is InChI=1S/C13H25F3N2O2/c1-12(17-2,11(19)20-4)7-5-6-9-18(3)10-8-13(14,15)16/h17H,5-10H2,1-4H3. The lowest BCUT2D eigenvalue weighted by Gasteiger charge is -2.26. The third-order valence-electron chi connectivity index (χ3n) is 3.43. The van der Waals surface area contributed by atoms with Gasteiger partial charge in [-0.25, -0.2) is 0 Å². The molecule has 0 heterocycles. The van der Waals surface area contributed by atoms with Gasteiger partial charge in [0.2, 0.25) is 0 Å². The minimum atomic E-state index is -4.11. The van der Waals surface area contributed by atoms with E-state index in [-0.39, 0.29) is 12.5 Å². The summed E-state index contributed by atoms with van der Waals surface area (Å²) in [5.74, 6) is -0.328. The molecule has 0 aromatic carbocycles. The number of halogens is 3. The van der Waals surface area contributed by atoms with Gasteiger partial charge in [0, 0.05) is 6.54 Å². The van der Waals surface area contributed by atoms with Crippen molar-refractivity contribution in [2.75, 3.05) is 34.3 Å². The number of nitrogens with zero attached hydrogens (tertiary/aromatic N) is 1. The van der Waals surface area contributed by atoms with Crippen molar-refractivity contribution < 1.29 is 22.7 Å². The van der Waals surface area contributed by atoms with Gasteiger partial charge in [0.1, 0.15) is 5.54 Å². The lowest BCUT2D eigenvalue weighted by atomic mass is 9.95. The second-order valence-corrected chi connectivity index (χ2v) is 5.20. The number of esters is 1. The molecule has 1 atom stereocenters. The van der Waals surface area contributed by atoms with Crippen LogP contribution in [0.1, 0.15) is 32.6 Å². The number of likely N-dealkylation sites (N-methyl/N-ethyl adjacent to an activating group) is 1. The van der Waals surface area contributed by atoms with E-state index in [0.29, 0.717) is 13.0 Å². The third-order valence-corrected chi connectivity index (χ3v) is 3.43. The van der Waals surface area contributed by atoms with Crippen LogP contribution in [0.15, 0.2) is 0 Å². The van der Waals surface area contributed by atoms with Crippen LogP contribution in [0.25, 0.3) is 0 Å². The van der Waals surface area contributed by atoms with Crippen LogP contribution in [-0.2, 0) is 9.53 Å². The van der Waals surface area contributed by atoms with Crippen molar-refractivity contribution in [1.82, 2.24) is 10.2 Å². The predicted octanol–water partition coefficient (Wildman–Crippen LogP) is 2.19. The molecule has 0 aromatic rings. The summed E-state index contributed by atoms with van der Waals surface area (Å²) in [6.45, 7) is 2.34. The van der Waals surface area contributed by atoms with Crippen LogP contribution in [0, 0.1) is 0 Å². The molecule has 0 saturated carbocycles. The van der Waals surface area contributed by atoms with Gasteiger partial charge in [0.25, 0.3) is 0 Å². The van der Waals surface area contributed by atoms with Gasteiger partial charge in [0.15, 0.2) is 0 Å². The molecule has 0 aliphatic carbocycles. The van der Waals surface area contributed by atoms with Crippen LogP contribution >= 0.6 is 0 Å². The van der Waals surface area contributed by atoms with Crippen molar-refractivity contribution in [3.8, 4) is 0 Å². The largest absolute Gasteiger partial charge is 0.468 e. The molecule has 20 heavy (non-hydrogen) atoms. The molecule has 0 aromatic heterocycles.